The first-order valence-electron chi connectivity index (χ1n) is 16.9. The number of aryl methyl sites for hydroxylation is 1. The Balaban J connectivity index is 1.52. The van der Waals surface area contributed by atoms with Crippen LogP contribution < -0.4 is 9.47 Å². The molecule has 230 valence electrons. The average Bonchev–Trinajstić information content (AvgIpc) is 3.29. The summed E-state index contributed by atoms with van der Waals surface area (Å²) in [6.07, 6.45) is 12.1. The van der Waals surface area contributed by atoms with E-state index in [0.717, 1.165) is 44.1 Å². The molecule has 0 atom stereocenters. The predicted octanol–water partition coefficient (Wildman–Crippen LogP) is 9.16. The van der Waals surface area contributed by atoms with E-state index in [1.54, 1.807) is 0 Å². The number of hydrogen-bond acceptors (Lipinski definition) is 4. The Kier molecular flexibility index (Phi) is 15.5. The van der Waals surface area contributed by atoms with Gasteiger partial charge in [0.2, 0.25) is 0 Å². The van der Waals surface area contributed by atoms with Crippen molar-refractivity contribution in [1.29, 1.82) is 0 Å². The topological polar surface area (TPSA) is 29.9 Å². The third kappa shape index (κ3) is 10.5. The Morgan fingerprint density at radius 1 is 0.512 bits per heavy atom. The number of fused-ring (bicyclic) bond motifs is 3. The van der Waals surface area contributed by atoms with Crippen LogP contribution in [0, 0.1) is 0 Å². The molecule has 0 fully saturated rings. The van der Waals surface area contributed by atoms with Crippen LogP contribution in [0.3, 0.4) is 0 Å². The smallest absolute Gasteiger partial charge is 0.120 e. The van der Waals surface area contributed by atoms with E-state index in [9.17, 15) is 0 Å². The van der Waals surface area contributed by atoms with Gasteiger partial charge in [0.05, 0.1) is 13.2 Å². The monoisotopic (exact) mass is 565 g/mol. The van der Waals surface area contributed by atoms with Crippen molar-refractivity contribution in [3.63, 3.8) is 0 Å². The number of ether oxygens (including phenoxy) is 2. The average molecular weight is 566 g/mol. The van der Waals surface area contributed by atoms with E-state index in [-0.39, 0.29) is 0 Å². The zero-order valence-electron chi connectivity index (χ0n) is 27.1. The molecular formula is C36H59N3O2. The summed E-state index contributed by atoms with van der Waals surface area (Å²) in [6.45, 7) is 21.1. The van der Waals surface area contributed by atoms with Crippen molar-refractivity contribution in [1.82, 2.24) is 14.4 Å². The summed E-state index contributed by atoms with van der Waals surface area (Å²) in [7, 11) is 0. The van der Waals surface area contributed by atoms with E-state index < -0.39 is 0 Å². The first-order chi connectivity index (χ1) is 20.1. The summed E-state index contributed by atoms with van der Waals surface area (Å²) in [5.41, 5.74) is 2.53. The van der Waals surface area contributed by atoms with Gasteiger partial charge in [-0.1, -0.05) is 27.7 Å². The second-order valence-electron chi connectivity index (χ2n) is 11.6. The molecule has 1 heterocycles. The summed E-state index contributed by atoms with van der Waals surface area (Å²) in [6, 6.07) is 13.2. The third-order valence-electron chi connectivity index (χ3n) is 8.06. The first-order valence-corrected chi connectivity index (χ1v) is 16.9. The van der Waals surface area contributed by atoms with E-state index in [1.165, 1.54) is 112 Å². The van der Waals surface area contributed by atoms with Gasteiger partial charge in [0.25, 0.3) is 0 Å². The molecule has 3 rings (SSSR count). The summed E-state index contributed by atoms with van der Waals surface area (Å²) in [5, 5.41) is 2.51. The molecule has 3 aromatic rings. The zero-order valence-corrected chi connectivity index (χ0v) is 27.1. The normalized spacial score (nSPS) is 11.9. The number of unbranched alkanes of at least 4 members (excludes halogenated alkanes) is 4. The maximum absolute atomic E-state index is 6.23. The van der Waals surface area contributed by atoms with Crippen LogP contribution in [-0.4, -0.2) is 66.8 Å². The highest BCUT2D eigenvalue weighted by Gasteiger charge is 2.12. The second-order valence-corrected chi connectivity index (χ2v) is 11.6. The minimum absolute atomic E-state index is 0.780. The SMILES string of the molecule is CCCN(CCC)CCCCCOc1ccc2c(c1)c1cc(OCCCCCN(CCC)CCC)ccc1n2CC. The van der Waals surface area contributed by atoms with E-state index in [1.807, 2.05) is 0 Å². The van der Waals surface area contributed by atoms with Crippen LogP contribution in [-0.2, 0) is 6.54 Å². The van der Waals surface area contributed by atoms with Crippen LogP contribution in [0.25, 0.3) is 21.8 Å². The fraction of sp³-hybridized carbons (Fsp3) is 0.667. The Labute approximate surface area is 251 Å². The molecule has 0 bridgehead atoms. The number of benzene rings is 2. The first kappa shape index (κ1) is 33.3. The van der Waals surface area contributed by atoms with E-state index in [0.29, 0.717) is 0 Å². The lowest BCUT2D eigenvalue weighted by Gasteiger charge is -2.20. The molecule has 0 saturated heterocycles. The number of nitrogens with zero attached hydrogens (tertiary/aromatic N) is 3. The molecule has 0 aliphatic carbocycles. The van der Waals surface area contributed by atoms with E-state index in [4.69, 9.17) is 9.47 Å². The minimum Gasteiger partial charge on any atom is -0.494 e. The Bertz CT molecular complexity index is 1030. The van der Waals surface area contributed by atoms with Gasteiger partial charge in [-0.3, -0.25) is 0 Å². The standard InChI is InChI=1S/C36H59N3O2/c1-6-21-37(22-7-2)25-13-11-15-27-40-31-17-19-35-33(29-31)34-30-32(18-20-36(34)39(35)10-5)41-28-16-12-14-26-38(23-8-3)24-9-4/h17-20,29-30H,6-16,21-28H2,1-5H3. The van der Waals surface area contributed by atoms with Crippen molar-refractivity contribution in [2.24, 2.45) is 0 Å². The lowest BCUT2D eigenvalue weighted by Crippen LogP contribution is -2.26. The quantitative estimate of drug-likeness (QED) is 0.107. The van der Waals surface area contributed by atoms with Crippen LogP contribution in [0.5, 0.6) is 11.5 Å². The highest BCUT2D eigenvalue weighted by Crippen LogP contribution is 2.34. The Hall–Kier alpha value is -2.24. The van der Waals surface area contributed by atoms with Gasteiger partial charge in [0.15, 0.2) is 0 Å². The zero-order chi connectivity index (χ0) is 29.3. The fourth-order valence-corrected chi connectivity index (χ4v) is 6.13. The van der Waals surface area contributed by atoms with Crippen molar-refractivity contribution in [3.05, 3.63) is 36.4 Å². The van der Waals surface area contributed by atoms with Crippen molar-refractivity contribution < 1.29 is 9.47 Å². The maximum Gasteiger partial charge on any atom is 0.120 e. The second kappa shape index (κ2) is 19.0. The van der Waals surface area contributed by atoms with Crippen LogP contribution in [0.15, 0.2) is 36.4 Å². The van der Waals surface area contributed by atoms with Gasteiger partial charge in [-0.25, -0.2) is 0 Å². The largest absolute Gasteiger partial charge is 0.494 e. The highest BCUT2D eigenvalue weighted by atomic mass is 16.5. The van der Waals surface area contributed by atoms with Crippen LogP contribution in [0.4, 0.5) is 0 Å². The van der Waals surface area contributed by atoms with Gasteiger partial charge in [0.1, 0.15) is 11.5 Å². The number of rotatable bonds is 23. The molecule has 1 aromatic heterocycles. The summed E-state index contributed by atoms with van der Waals surface area (Å²) < 4.78 is 14.9. The van der Waals surface area contributed by atoms with E-state index in [2.05, 4.69) is 85.4 Å². The Morgan fingerprint density at radius 3 is 1.29 bits per heavy atom. The molecule has 0 N–H and O–H groups in total. The molecule has 41 heavy (non-hydrogen) atoms. The maximum atomic E-state index is 6.23. The van der Waals surface area contributed by atoms with Gasteiger partial charge in [-0.2, -0.15) is 0 Å². The molecule has 0 unspecified atom stereocenters. The molecule has 0 amide bonds. The molecular weight excluding hydrogens is 506 g/mol. The van der Waals surface area contributed by atoms with Crippen LogP contribution in [0.1, 0.15) is 98.8 Å². The lowest BCUT2D eigenvalue weighted by atomic mass is 10.1. The molecule has 0 spiro atoms. The van der Waals surface area contributed by atoms with Crippen LogP contribution >= 0.6 is 0 Å². The lowest BCUT2D eigenvalue weighted by molar-refractivity contribution is 0.259. The molecule has 0 aliphatic heterocycles. The van der Waals surface area contributed by atoms with Gasteiger partial charge in [-0.05, 0) is 147 Å². The van der Waals surface area contributed by atoms with E-state index >= 15 is 0 Å². The fourth-order valence-electron chi connectivity index (χ4n) is 6.13. The molecule has 2 aromatic carbocycles. The van der Waals surface area contributed by atoms with Crippen LogP contribution in [0.2, 0.25) is 0 Å². The number of aromatic nitrogens is 1. The predicted molar refractivity (Wildman–Crippen MR) is 178 cm³/mol. The third-order valence-corrected chi connectivity index (χ3v) is 8.06. The summed E-state index contributed by atoms with van der Waals surface area (Å²) in [5.74, 6) is 1.94. The van der Waals surface area contributed by atoms with Gasteiger partial charge in [-0.15, -0.1) is 0 Å². The van der Waals surface area contributed by atoms with Gasteiger partial charge >= 0.3 is 0 Å². The number of hydrogen-bond donors (Lipinski definition) is 0. The van der Waals surface area contributed by atoms with Gasteiger partial charge < -0.3 is 23.8 Å². The summed E-state index contributed by atoms with van der Waals surface area (Å²) >= 11 is 0. The molecule has 5 heteroatoms. The van der Waals surface area contributed by atoms with Gasteiger partial charge in [0, 0.05) is 28.4 Å². The Morgan fingerprint density at radius 2 is 0.927 bits per heavy atom. The van der Waals surface area contributed by atoms with Crippen molar-refractivity contribution in [2.45, 2.75) is 105 Å². The summed E-state index contributed by atoms with van der Waals surface area (Å²) in [4.78, 5) is 5.21. The van der Waals surface area contributed by atoms with Crippen molar-refractivity contribution in [3.8, 4) is 11.5 Å². The minimum atomic E-state index is 0.780. The molecule has 0 saturated carbocycles. The highest BCUT2D eigenvalue weighted by molar-refractivity contribution is 6.09. The van der Waals surface area contributed by atoms with Crippen molar-refractivity contribution in [2.75, 3.05) is 52.5 Å². The molecule has 0 aliphatic rings. The van der Waals surface area contributed by atoms with Crippen molar-refractivity contribution >= 4 is 21.8 Å². The molecule has 5 nitrogen and oxygen atoms in total. The molecule has 0 radical (unpaired) electrons.